The zero-order chi connectivity index (χ0) is 12.8. The van der Waals surface area contributed by atoms with Crippen LogP contribution in [0.25, 0.3) is 0 Å². The average molecular weight is 236 g/mol. The van der Waals surface area contributed by atoms with E-state index in [9.17, 15) is 9.59 Å². The number of nitrogens with zero attached hydrogens (tertiary/aromatic N) is 1. The minimum Gasteiger partial charge on any atom is -0.467 e. The van der Waals surface area contributed by atoms with E-state index in [1.165, 1.54) is 13.3 Å². The Bertz CT molecular complexity index is 390. The molecule has 0 radical (unpaired) electrons. The summed E-state index contributed by atoms with van der Waals surface area (Å²) in [4.78, 5) is 27.1. The van der Waals surface area contributed by atoms with Gasteiger partial charge in [-0.1, -0.05) is 13.8 Å². The predicted molar refractivity (Wildman–Crippen MR) is 62.3 cm³/mol. The van der Waals surface area contributed by atoms with Crippen LogP contribution >= 0.6 is 0 Å². The molecule has 1 rings (SSSR count). The van der Waals surface area contributed by atoms with Gasteiger partial charge in [0.15, 0.2) is 0 Å². The van der Waals surface area contributed by atoms with Gasteiger partial charge in [-0.25, -0.2) is 4.79 Å². The molecule has 1 heterocycles. The van der Waals surface area contributed by atoms with Gasteiger partial charge < -0.3 is 10.1 Å². The van der Waals surface area contributed by atoms with Gasteiger partial charge >= 0.3 is 5.97 Å². The van der Waals surface area contributed by atoms with E-state index in [1.807, 2.05) is 13.8 Å². The van der Waals surface area contributed by atoms with Crippen LogP contribution in [0.15, 0.2) is 24.5 Å². The van der Waals surface area contributed by atoms with Gasteiger partial charge in [0.1, 0.15) is 6.04 Å². The normalized spacial score (nSPS) is 12.0. The van der Waals surface area contributed by atoms with Crippen molar-refractivity contribution in [2.45, 2.75) is 19.9 Å². The number of esters is 1. The van der Waals surface area contributed by atoms with Crippen molar-refractivity contribution >= 4 is 11.9 Å². The van der Waals surface area contributed by atoms with E-state index >= 15 is 0 Å². The Morgan fingerprint density at radius 2 is 2.12 bits per heavy atom. The van der Waals surface area contributed by atoms with Gasteiger partial charge in [-0.2, -0.15) is 0 Å². The van der Waals surface area contributed by atoms with Gasteiger partial charge in [0.2, 0.25) is 0 Å². The number of rotatable bonds is 4. The molecular formula is C12H16N2O3. The fourth-order valence-electron chi connectivity index (χ4n) is 1.35. The lowest BCUT2D eigenvalue weighted by molar-refractivity contribution is -0.144. The molecule has 5 nitrogen and oxygen atoms in total. The van der Waals surface area contributed by atoms with Crippen LogP contribution in [-0.2, 0) is 9.53 Å². The molecule has 92 valence electrons. The molecule has 0 fully saturated rings. The van der Waals surface area contributed by atoms with E-state index in [4.69, 9.17) is 0 Å². The predicted octanol–water partition coefficient (Wildman–Crippen LogP) is 1.01. The molecule has 1 atom stereocenters. The van der Waals surface area contributed by atoms with Gasteiger partial charge in [0, 0.05) is 12.4 Å². The number of carbonyl (C=O) groups excluding carboxylic acids is 2. The lowest BCUT2D eigenvalue weighted by Crippen LogP contribution is -2.45. The third kappa shape index (κ3) is 3.55. The molecular weight excluding hydrogens is 220 g/mol. The van der Waals surface area contributed by atoms with Crippen molar-refractivity contribution in [2.75, 3.05) is 7.11 Å². The van der Waals surface area contributed by atoms with E-state index in [2.05, 4.69) is 15.0 Å². The molecule has 17 heavy (non-hydrogen) atoms. The number of nitrogens with one attached hydrogen (secondary N) is 1. The maximum atomic E-state index is 11.8. The Morgan fingerprint density at radius 3 is 2.59 bits per heavy atom. The fraction of sp³-hybridized carbons (Fsp3) is 0.417. The summed E-state index contributed by atoms with van der Waals surface area (Å²) < 4.78 is 4.64. The van der Waals surface area contributed by atoms with E-state index in [0.717, 1.165) is 0 Å². The molecule has 0 aromatic carbocycles. The second-order valence-electron chi connectivity index (χ2n) is 3.96. The first kappa shape index (κ1) is 13.2. The summed E-state index contributed by atoms with van der Waals surface area (Å²) in [7, 11) is 1.30. The fourth-order valence-corrected chi connectivity index (χ4v) is 1.35. The third-order valence-electron chi connectivity index (χ3n) is 2.33. The number of hydrogen-bond acceptors (Lipinski definition) is 4. The highest BCUT2D eigenvalue weighted by Crippen LogP contribution is 2.05. The summed E-state index contributed by atoms with van der Waals surface area (Å²) >= 11 is 0. The van der Waals surface area contributed by atoms with Crippen molar-refractivity contribution in [3.63, 3.8) is 0 Å². The van der Waals surface area contributed by atoms with Crippen LogP contribution in [0.4, 0.5) is 0 Å². The van der Waals surface area contributed by atoms with Crippen molar-refractivity contribution in [1.82, 2.24) is 10.3 Å². The zero-order valence-corrected chi connectivity index (χ0v) is 10.1. The maximum absolute atomic E-state index is 11.8. The Kier molecular flexibility index (Phi) is 4.63. The first-order valence-corrected chi connectivity index (χ1v) is 5.35. The zero-order valence-electron chi connectivity index (χ0n) is 10.1. The largest absolute Gasteiger partial charge is 0.467 e. The Balaban J connectivity index is 2.75. The number of hydrogen-bond donors (Lipinski definition) is 1. The van der Waals surface area contributed by atoms with E-state index in [0.29, 0.717) is 5.56 Å². The standard InChI is InChI=1S/C12H16N2O3/c1-8(2)10(12(16)17-3)14-11(15)9-5-4-6-13-7-9/h4-8,10H,1-3H3,(H,14,15)/t10-/m0/s1. The van der Waals surface area contributed by atoms with Crippen molar-refractivity contribution in [1.29, 1.82) is 0 Å². The van der Waals surface area contributed by atoms with Crippen molar-refractivity contribution in [3.8, 4) is 0 Å². The number of ether oxygens (including phenoxy) is 1. The van der Waals surface area contributed by atoms with Crippen molar-refractivity contribution in [2.24, 2.45) is 5.92 Å². The Labute approximate surface area is 100 Å². The topological polar surface area (TPSA) is 68.3 Å². The molecule has 0 unspecified atom stereocenters. The summed E-state index contributed by atoms with van der Waals surface area (Å²) in [5, 5.41) is 2.63. The molecule has 1 N–H and O–H groups in total. The number of pyridine rings is 1. The first-order chi connectivity index (χ1) is 8.06. The summed E-state index contributed by atoms with van der Waals surface area (Å²) in [6.07, 6.45) is 3.03. The van der Waals surface area contributed by atoms with Gasteiger partial charge in [-0.15, -0.1) is 0 Å². The van der Waals surface area contributed by atoms with Crippen LogP contribution in [0, 0.1) is 5.92 Å². The lowest BCUT2D eigenvalue weighted by atomic mass is 10.0. The number of methoxy groups -OCH3 is 1. The van der Waals surface area contributed by atoms with Gasteiger partial charge in [-0.3, -0.25) is 9.78 Å². The number of amides is 1. The first-order valence-electron chi connectivity index (χ1n) is 5.35. The summed E-state index contributed by atoms with van der Waals surface area (Å²) in [6.45, 7) is 3.68. The van der Waals surface area contributed by atoms with Gasteiger partial charge in [0.05, 0.1) is 12.7 Å². The molecule has 0 aliphatic heterocycles. The summed E-state index contributed by atoms with van der Waals surface area (Å²) in [5.74, 6) is -0.817. The van der Waals surface area contributed by atoms with Crippen LogP contribution in [0.5, 0.6) is 0 Å². The SMILES string of the molecule is COC(=O)[C@@H](NC(=O)c1cccnc1)C(C)C. The van der Waals surface area contributed by atoms with Crippen LogP contribution in [-0.4, -0.2) is 30.0 Å². The van der Waals surface area contributed by atoms with Crippen LogP contribution < -0.4 is 5.32 Å². The molecule has 5 heteroatoms. The molecule has 0 saturated carbocycles. The monoisotopic (exact) mass is 236 g/mol. The molecule has 1 amide bonds. The Morgan fingerprint density at radius 1 is 1.41 bits per heavy atom. The smallest absolute Gasteiger partial charge is 0.328 e. The average Bonchev–Trinajstić information content (AvgIpc) is 2.35. The molecule has 0 spiro atoms. The number of carbonyl (C=O) groups is 2. The second kappa shape index (κ2) is 5.98. The highest BCUT2D eigenvalue weighted by atomic mass is 16.5. The lowest BCUT2D eigenvalue weighted by Gasteiger charge is -2.19. The van der Waals surface area contributed by atoms with Crippen molar-refractivity contribution in [3.05, 3.63) is 30.1 Å². The van der Waals surface area contributed by atoms with Crippen LogP contribution in [0.3, 0.4) is 0 Å². The summed E-state index contributed by atoms with van der Waals surface area (Å²) in [5.41, 5.74) is 0.419. The maximum Gasteiger partial charge on any atom is 0.328 e. The van der Waals surface area contributed by atoms with Crippen LogP contribution in [0.2, 0.25) is 0 Å². The molecule has 0 saturated heterocycles. The minimum atomic E-state index is -0.646. The minimum absolute atomic E-state index is 0.0388. The van der Waals surface area contributed by atoms with Crippen LogP contribution in [0.1, 0.15) is 24.2 Å². The quantitative estimate of drug-likeness (QED) is 0.792. The molecule has 0 aliphatic carbocycles. The Hall–Kier alpha value is -1.91. The van der Waals surface area contributed by atoms with E-state index < -0.39 is 12.0 Å². The molecule has 1 aromatic heterocycles. The third-order valence-corrected chi connectivity index (χ3v) is 2.33. The van der Waals surface area contributed by atoms with E-state index in [1.54, 1.807) is 18.3 Å². The molecule has 1 aromatic rings. The van der Waals surface area contributed by atoms with Gasteiger partial charge in [-0.05, 0) is 18.1 Å². The summed E-state index contributed by atoms with van der Waals surface area (Å²) in [6, 6.07) is 2.65. The van der Waals surface area contributed by atoms with E-state index in [-0.39, 0.29) is 11.8 Å². The van der Waals surface area contributed by atoms with Gasteiger partial charge in [0.25, 0.3) is 5.91 Å². The van der Waals surface area contributed by atoms with Crippen molar-refractivity contribution < 1.29 is 14.3 Å². The second-order valence-corrected chi connectivity index (χ2v) is 3.96. The highest BCUT2D eigenvalue weighted by molar-refractivity contribution is 5.96. The number of aromatic nitrogens is 1. The molecule has 0 aliphatic rings. The molecule has 0 bridgehead atoms. The highest BCUT2D eigenvalue weighted by Gasteiger charge is 2.25.